The van der Waals surface area contributed by atoms with Crippen molar-refractivity contribution in [1.29, 1.82) is 0 Å². The highest BCUT2D eigenvalue weighted by Crippen LogP contribution is 2.53. The first-order valence-corrected chi connectivity index (χ1v) is 20.2. The van der Waals surface area contributed by atoms with Gasteiger partial charge in [-0.3, -0.25) is 4.79 Å². The predicted octanol–water partition coefficient (Wildman–Crippen LogP) is 13.4. The van der Waals surface area contributed by atoms with E-state index in [1.165, 1.54) is 104 Å². The van der Waals surface area contributed by atoms with E-state index in [-0.39, 0.29) is 17.2 Å². The van der Waals surface area contributed by atoms with Gasteiger partial charge in [-0.15, -0.1) is 22.7 Å². The van der Waals surface area contributed by atoms with Gasteiger partial charge in [0.2, 0.25) is 0 Å². The number of thiophene rings is 2. The van der Waals surface area contributed by atoms with E-state index < -0.39 is 5.97 Å². The topological polar surface area (TPSA) is 44.9 Å². The van der Waals surface area contributed by atoms with Crippen LogP contribution in [0.4, 0.5) is 11.4 Å². The number of hydrogen-bond donors (Lipinski definition) is 1. The zero-order chi connectivity index (χ0) is 36.7. The van der Waals surface area contributed by atoms with Gasteiger partial charge >= 0.3 is 5.97 Å². The van der Waals surface area contributed by atoms with Gasteiger partial charge in [-0.25, -0.2) is 4.85 Å². The lowest BCUT2D eigenvalue weighted by molar-refractivity contribution is -0.132. The second-order valence-corrected chi connectivity index (χ2v) is 16.9. The van der Waals surface area contributed by atoms with Crippen LogP contribution in [-0.4, -0.2) is 11.1 Å². The smallest absolute Gasteiger partial charge is 0.333 e. The molecule has 0 fully saturated rings. The molecule has 3 heterocycles. The van der Waals surface area contributed by atoms with E-state index in [9.17, 15) is 9.90 Å². The van der Waals surface area contributed by atoms with E-state index >= 15 is 0 Å². The molecule has 1 aliphatic heterocycles. The molecule has 6 aromatic rings. The number of nitrogens with zero attached hydrogens (tertiary/aromatic N) is 2. The third-order valence-electron chi connectivity index (χ3n) is 11.0. The van der Waals surface area contributed by atoms with Gasteiger partial charge in [-0.2, -0.15) is 0 Å². The number of anilines is 2. The van der Waals surface area contributed by atoms with E-state index in [1.54, 1.807) is 11.3 Å². The lowest BCUT2D eigenvalue weighted by Crippen LogP contribution is -2.21. The zero-order valence-electron chi connectivity index (χ0n) is 30.4. The fourth-order valence-electron chi connectivity index (χ4n) is 8.16. The molecule has 0 radical (unpaired) electrons. The Hall–Kier alpha value is -5.22. The van der Waals surface area contributed by atoms with E-state index in [0.29, 0.717) is 0 Å². The molecule has 1 atom stereocenters. The molecule has 1 unspecified atom stereocenters. The molecule has 264 valence electrons. The van der Waals surface area contributed by atoms with E-state index in [0.717, 1.165) is 27.5 Å². The number of carboxylic acid groups (broad SMARTS) is 1. The number of rotatable bonds is 11. The van der Waals surface area contributed by atoms with E-state index in [4.69, 9.17) is 6.57 Å². The maximum atomic E-state index is 11.4. The van der Waals surface area contributed by atoms with Crippen molar-refractivity contribution in [2.24, 2.45) is 0 Å². The molecule has 6 heteroatoms. The molecule has 0 saturated carbocycles. The first kappa shape index (κ1) is 34.8. The largest absolute Gasteiger partial charge is 0.486 e. The van der Waals surface area contributed by atoms with Gasteiger partial charge in [0, 0.05) is 36.3 Å². The van der Waals surface area contributed by atoms with Crippen LogP contribution in [0.25, 0.3) is 42.2 Å². The summed E-state index contributed by atoms with van der Waals surface area (Å²) in [5, 5.41) is 9.28. The van der Waals surface area contributed by atoms with Gasteiger partial charge in [0.05, 0.1) is 12.6 Å². The number of aryl methyl sites for hydroxylation is 1. The summed E-state index contributed by atoms with van der Waals surface area (Å²) in [6.45, 7) is 14.1. The average molecular weight is 731 g/mol. The Kier molecular flexibility index (Phi) is 9.41. The Morgan fingerprint density at radius 3 is 2.40 bits per heavy atom. The maximum Gasteiger partial charge on any atom is 0.333 e. The molecule has 2 aromatic heterocycles. The minimum Gasteiger partial charge on any atom is -0.486 e. The predicted molar refractivity (Wildman–Crippen MR) is 222 cm³/mol. The maximum absolute atomic E-state index is 11.4. The molecule has 53 heavy (non-hydrogen) atoms. The van der Waals surface area contributed by atoms with Crippen LogP contribution in [0.2, 0.25) is 0 Å². The summed E-state index contributed by atoms with van der Waals surface area (Å²) >= 11 is 3.24. The molecule has 0 spiro atoms. The van der Waals surface area contributed by atoms with Crippen molar-refractivity contribution in [3.63, 3.8) is 0 Å². The lowest BCUT2D eigenvalue weighted by Gasteiger charge is -2.30. The van der Waals surface area contributed by atoms with Crippen molar-refractivity contribution in [2.45, 2.75) is 70.8 Å². The second kappa shape index (κ2) is 14.3. The fraction of sp³-hybridized carbons (Fsp3) is 0.234. The first-order chi connectivity index (χ1) is 25.7. The van der Waals surface area contributed by atoms with Crippen LogP contribution < -0.4 is 4.90 Å². The molecule has 4 aromatic carbocycles. The molecule has 1 N–H and O–H groups in total. The Labute approximate surface area is 320 Å². The monoisotopic (exact) mass is 730 g/mol. The van der Waals surface area contributed by atoms with Gasteiger partial charge in [-0.05, 0) is 118 Å². The molecular formula is C47H42N2O2S2. The second-order valence-electron chi connectivity index (χ2n) is 14.7. The molecule has 0 saturated heterocycles. The normalized spacial score (nSPS) is 15.5. The van der Waals surface area contributed by atoms with Crippen LogP contribution >= 0.6 is 22.7 Å². The van der Waals surface area contributed by atoms with Gasteiger partial charge in [-0.1, -0.05) is 101 Å². The summed E-state index contributed by atoms with van der Waals surface area (Å²) in [7, 11) is 0. The van der Waals surface area contributed by atoms with Gasteiger partial charge in [0.25, 0.3) is 5.70 Å². The molecule has 2 aliphatic rings. The third kappa shape index (κ3) is 6.54. The minimum absolute atomic E-state index is 0.0741. The van der Waals surface area contributed by atoms with Crippen LogP contribution in [0.3, 0.4) is 0 Å². The lowest BCUT2D eigenvalue weighted by atomic mass is 9.82. The van der Waals surface area contributed by atoms with Crippen LogP contribution in [0.1, 0.15) is 85.2 Å². The summed E-state index contributed by atoms with van der Waals surface area (Å²) in [6, 6.07) is 40.7. The Balaban J connectivity index is 1.13. The number of fused-ring (bicyclic) bond motifs is 4. The summed E-state index contributed by atoms with van der Waals surface area (Å²) in [6.07, 6.45) is 8.60. The van der Waals surface area contributed by atoms with Crippen molar-refractivity contribution in [3.05, 3.63) is 159 Å². The molecule has 4 nitrogen and oxygen atoms in total. The standard InChI is InChI=1S/C47H42N2O2S2/c1-5-6-7-8-11-30-14-16-31(17-15-30)42-27-33-26-32(43-24-25-45(53-43)44-23-20-35(52-44)29-40(48-4)46(50)51)18-22-41(33)49(42)34-19-21-37-36-12-9-10-13-38(36)47(2,3)39(37)28-34/h9-10,12-26,28-29,42H,5-8,11,27H2,1-3H3,(H,50,51)/b40-29-. The Bertz CT molecular complexity index is 2410. The van der Waals surface area contributed by atoms with Crippen molar-refractivity contribution in [3.8, 4) is 31.3 Å². The van der Waals surface area contributed by atoms with Gasteiger partial charge < -0.3 is 10.0 Å². The van der Waals surface area contributed by atoms with Crippen LogP contribution in [0.15, 0.2) is 115 Å². The van der Waals surface area contributed by atoms with E-state index in [1.807, 2.05) is 12.1 Å². The zero-order valence-corrected chi connectivity index (χ0v) is 32.0. The summed E-state index contributed by atoms with van der Waals surface area (Å²) in [5.41, 5.74) is 12.9. The molecule has 0 amide bonds. The third-order valence-corrected chi connectivity index (χ3v) is 13.3. The Morgan fingerprint density at radius 2 is 1.60 bits per heavy atom. The van der Waals surface area contributed by atoms with Gasteiger partial charge in [0.15, 0.2) is 0 Å². The summed E-state index contributed by atoms with van der Waals surface area (Å²) in [4.78, 5) is 21.2. The highest BCUT2D eigenvalue weighted by Gasteiger charge is 2.38. The Morgan fingerprint density at radius 1 is 0.849 bits per heavy atom. The number of aliphatic carboxylic acids is 1. The van der Waals surface area contributed by atoms with Crippen molar-refractivity contribution < 1.29 is 9.90 Å². The number of unbranched alkanes of at least 4 members (excludes halogenated alkanes) is 3. The first-order valence-electron chi connectivity index (χ1n) is 18.5. The van der Waals surface area contributed by atoms with Crippen molar-refractivity contribution in [1.82, 2.24) is 0 Å². The fourth-order valence-corrected chi connectivity index (χ4v) is 10.2. The number of carbonyl (C=O) groups is 1. The number of hydrogen-bond acceptors (Lipinski definition) is 4. The van der Waals surface area contributed by atoms with Gasteiger partial charge in [0.1, 0.15) is 0 Å². The van der Waals surface area contributed by atoms with Crippen molar-refractivity contribution in [2.75, 3.05) is 4.90 Å². The van der Waals surface area contributed by atoms with Crippen LogP contribution in [0, 0.1) is 6.57 Å². The molecule has 0 bridgehead atoms. The highest BCUT2D eigenvalue weighted by molar-refractivity contribution is 7.24. The van der Waals surface area contributed by atoms with Crippen molar-refractivity contribution >= 4 is 46.1 Å². The number of benzene rings is 4. The summed E-state index contributed by atoms with van der Waals surface area (Å²) < 4.78 is 0. The van der Waals surface area contributed by atoms with Crippen LogP contribution in [-0.2, 0) is 23.1 Å². The number of carboxylic acids is 1. The molecule has 1 aliphatic carbocycles. The highest BCUT2D eigenvalue weighted by atomic mass is 32.1. The summed E-state index contributed by atoms with van der Waals surface area (Å²) in [5.74, 6) is -1.20. The van der Waals surface area contributed by atoms with Crippen LogP contribution in [0.5, 0.6) is 0 Å². The quantitative estimate of drug-likeness (QED) is 0.0820. The average Bonchev–Trinajstić information content (AvgIpc) is 3.97. The molecule has 8 rings (SSSR count). The SMILES string of the molecule is [C-]#[N+]/C(=C\c1ccc(-c2ccc(-c3ccc4c(c3)CC(c3ccc(CCCCCC)cc3)N4c3ccc4c(c3)C(C)(C)c3ccccc3-4)s2)s1)C(=O)O. The minimum atomic E-state index is -1.20. The van der Waals surface area contributed by atoms with E-state index in [2.05, 4.69) is 128 Å². The molecular weight excluding hydrogens is 689 g/mol.